The summed E-state index contributed by atoms with van der Waals surface area (Å²) in [6.45, 7) is 2.70. The van der Waals surface area contributed by atoms with E-state index in [1.165, 1.54) is 6.42 Å². The van der Waals surface area contributed by atoms with Gasteiger partial charge in [0.25, 0.3) is 0 Å². The quantitative estimate of drug-likeness (QED) is 0.774. The van der Waals surface area contributed by atoms with Crippen LogP contribution < -0.4 is 4.72 Å². The van der Waals surface area contributed by atoms with Gasteiger partial charge in [-0.25, -0.2) is 13.1 Å². The fourth-order valence-electron chi connectivity index (χ4n) is 1.28. The van der Waals surface area contributed by atoms with Gasteiger partial charge in [-0.2, -0.15) is 0 Å². The molecule has 0 saturated heterocycles. The summed E-state index contributed by atoms with van der Waals surface area (Å²) >= 11 is 2.93. The predicted molar refractivity (Wildman–Crippen MR) is 52.7 cm³/mol. The zero-order chi connectivity index (χ0) is 9.24. The largest absolute Gasteiger partial charge is 0.221 e. The van der Waals surface area contributed by atoms with Crippen molar-refractivity contribution in [1.82, 2.24) is 4.72 Å². The van der Waals surface area contributed by atoms with Gasteiger partial charge in [-0.05, 0) is 18.3 Å². The van der Waals surface area contributed by atoms with E-state index in [1.54, 1.807) is 0 Å². The van der Waals surface area contributed by atoms with Crippen molar-refractivity contribution in [3.63, 3.8) is 0 Å². The molecule has 0 aromatic carbocycles. The Balaban J connectivity index is 2.35. The first-order valence-corrected chi connectivity index (χ1v) is 6.78. The molecular formula is C7H14BrNO2S. The second-order valence-corrected chi connectivity index (χ2v) is 6.82. The summed E-state index contributed by atoms with van der Waals surface area (Å²) in [5.74, 6) is 0. The van der Waals surface area contributed by atoms with E-state index in [9.17, 15) is 8.42 Å². The molecule has 1 N–H and O–H groups in total. The van der Waals surface area contributed by atoms with Gasteiger partial charge in [-0.3, -0.25) is 0 Å². The molecule has 12 heavy (non-hydrogen) atoms. The normalized spacial score (nSPS) is 21.8. The zero-order valence-corrected chi connectivity index (χ0v) is 9.54. The molecule has 1 rings (SSSR count). The van der Waals surface area contributed by atoms with Crippen molar-refractivity contribution >= 4 is 26.0 Å². The van der Waals surface area contributed by atoms with Gasteiger partial charge < -0.3 is 0 Å². The van der Waals surface area contributed by atoms with Gasteiger partial charge >= 0.3 is 0 Å². The summed E-state index contributed by atoms with van der Waals surface area (Å²) in [7, 11) is -3.06. The van der Waals surface area contributed by atoms with Crippen molar-refractivity contribution in [1.29, 1.82) is 0 Å². The molecule has 5 heteroatoms. The zero-order valence-electron chi connectivity index (χ0n) is 7.14. The second-order valence-electron chi connectivity index (χ2n) is 3.71. The molecule has 72 valence electrons. The number of halogens is 1. The van der Waals surface area contributed by atoms with Crippen LogP contribution in [0.1, 0.15) is 26.2 Å². The predicted octanol–water partition coefficient (Wildman–Crippen LogP) is 1.45. The molecule has 0 spiro atoms. The van der Waals surface area contributed by atoms with Crippen LogP contribution in [0, 0.1) is 5.41 Å². The highest BCUT2D eigenvalue weighted by Crippen LogP contribution is 2.39. The van der Waals surface area contributed by atoms with Crippen LogP contribution in [-0.2, 0) is 10.0 Å². The number of hydrogen-bond donors (Lipinski definition) is 1. The fourth-order valence-corrected chi connectivity index (χ4v) is 2.41. The first kappa shape index (κ1) is 10.5. The first-order chi connectivity index (χ1) is 5.47. The monoisotopic (exact) mass is 255 g/mol. The van der Waals surface area contributed by atoms with E-state index in [4.69, 9.17) is 0 Å². The maximum atomic E-state index is 11.0. The molecule has 0 radical (unpaired) electrons. The summed E-state index contributed by atoms with van der Waals surface area (Å²) in [5.41, 5.74) is 0.218. The van der Waals surface area contributed by atoms with Crippen molar-refractivity contribution < 1.29 is 8.42 Å². The maximum Gasteiger partial charge on any atom is 0.221 e. The first-order valence-electron chi connectivity index (χ1n) is 4.01. The van der Waals surface area contributed by atoms with E-state index in [2.05, 4.69) is 27.6 Å². The van der Waals surface area contributed by atoms with Crippen LogP contribution in [0.15, 0.2) is 0 Å². The van der Waals surface area contributed by atoms with Gasteiger partial charge in [0.2, 0.25) is 10.0 Å². The van der Waals surface area contributed by atoms with Crippen molar-refractivity contribution in [2.45, 2.75) is 26.2 Å². The van der Waals surface area contributed by atoms with Crippen LogP contribution in [0.2, 0.25) is 0 Å². The Bertz CT molecular complexity index is 246. The van der Waals surface area contributed by atoms with Gasteiger partial charge in [0, 0.05) is 6.54 Å². The van der Waals surface area contributed by atoms with Gasteiger partial charge in [-0.1, -0.05) is 29.3 Å². The third kappa shape index (κ3) is 2.71. The summed E-state index contributed by atoms with van der Waals surface area (Å²) in [6, 6.07) is 0. The number of nitrogens with one attached hydrogen (secondary N) is 1. The summed E-state index contributed by atoms with van der Waals surface area (Å²) < 4.78 is 24.6. The van der Waals surface area contributed by atoms with Crippen molar-refractivity contribution in [3.05, 3.63) is 0 Å². The lowest BCUT2D eigenvalue weighted by Crippen LogP contribution is -2.40. The number of alkyl halides is 1. The molecular weight excluding hydrogens is 242 g/mol. The minimum atomic E-state index is -3.06. The molecule has 0 aromatic rings. The molecule has 1 aliphatic carbocycles. The smallest absolute Gasteiger partial charge is 0.214 e. The van der Waals surface area contributed by atoms with Crippen molar-refractivity contribution in [3.8, 4) is 0 Å². The van der Waals surface area contributed by atoms with Crippen LogP contribution in [0.5, 0.6) is 0 Å². The van der Waals surface area contributed by atoms with Crippen LogP contribution >= 0.6 is 15.9 Å². The van der Waals surface area contributed by atoms with Gasteiger partial charge in [0.15, 0.2) is 0 Å². The molecule has 0 amide bonds. The van der Waals surface area contributed by atoms with E-state index in [0.29, 0.717) is 6.54 Å². The lowest BCUT2D eigenvalue weighted by atomic mass is 9.71. The van der Waals surface area contributed by atoms with Gasteiger partial charge in [-0.15, -0.1) is 0 Å². The molecule has 0 unspecified atom stereocenters. The molecule has 1 saturated carbocycles. The Morgan fingerprint density at radius 2 is 2.08 bits per heavy atom. The van der Waals surface area contributed by atoms with Crippen LogP contribution in [0.4, 0.5) is 0 Å². The Kier molecular flexibility index (Phi) is 3.17. The van der Waals surface area contributed by atoms with Gasteiger partial charge in [0.05, 0.1) is 0 Å². The minimum Gasteiger partial charge on any atom is -0.214 e. The Labute approximate surface area is 82.1 Å². The molecule has 1 fully saturated rings. The average molecular weight is 256 g/mol. The molecule has 0 heterocycles. The summed E-state index contributed by atoms with van der Waals surface area (Å²) in [5, 5.41) is 0. The highest BCUT2D eigenvalue weighted by Gasteiger charge is 2.32. The number of sulfonamides is 1. The summed E-state index contributed by atoms with van der Waals surface area (Å²) in [6.07, 6.45) is 3.50. The fraction of sp³-hybridized carbons (Fsp3) is 1.00. The topological polar surface area (TPSA) is 46.2 Å². The minimum absolute atomic E-state index is 0.00389. The Hall–Kier alpha value is 0.390. The van der Waals surface area contributed by atoms with Crippen molar-refractivity contribution in [2.75, 3.05) is 11.2 Å². The molecule has 3 nitrogen and oxygen atoms in total. The summed E-state index contributed by atoms with van der Waals surface area (Å²) in [4.78, 5) is 0. The lowest BCUT2D eigenvalue weighted by Gasteiger charge is -2.38. The molecule has 0 aliphatic heterocycles. The van der Waals surface area contributed by atoms with E-state index in [0.717, 1.165) is 12.8 Å². The van der Waals surface area contributed by atoms with Gasteiger partial charge in [0.1, 0.15) is 4.66 Å². The number of rotatable bonds is 4. The second kappa shape index (κ2) is 3.64. The van der Waals surface area contributed by atoms with Crippen molar-refractivity contribution in [2.24, 2.45) is 5.41 Å². The maximum absolute atomic E-state index is 11.0. The molecule has 1 aliphatic rings. The third-order valence-electron chi connectivity index (χ3n) is 2.42. The van der Waals surface area contributed by atoms with E-state index in [1.807, 2.05) is 0 Å². The SMILES string of the molecule is CC1(CNS(=O)(=O)CBr)CCC1. The van der Waals surface area contributed by atoms with Crippen LogP contribution in [0.3, 0.4) is 0 Å². The van der Waals surface area contributed by atoms with E-state index >= 15 is 0 Å². The highest BCUT2D eigenvalue weighted by atomic mass is 79.9. The van der Waals surface area contributed by atoms with Crippen LogP contribution in [-0.4, -0.2) is 19.6 Å². The Morgan fingerprint density at radius 3 is 2.42 bits per heavy atom. The van der Waals surface area contributed by atoms with E-state index < -0.39 is 10.0 Å². The molecule has 0 bridgehead atoms. The molecule has 0 aromatic heterocycles. The third-order valence-corrected chi connectivity index (χ3v) is 5.10. The van der Waals surface area contributed by atoms with Crippen LogP contribution in [0.25, 0.3) is 0 Å². The Morgan fingerprint density at radius 1 is 1.50 bits per heavy atom. The standard InChI is InChI=1S/C7H14BrNO2S/c1-7(3-2-4-7)5-9-12(10,11)6-8/h9H,2-6H2,1H3. The highest BCUT2D eigenvalue weighted by molar-refractivity contribution is 9.10. The molecule has 0 atom stereocenters. The average Bonchev–Trinajstić information content (AvgIpc) is 1.98. The lowest BCUT2D eigenvalue weighted by molar-refractivity contribution is 0.166. The van der Waals surface area contributed by atoms with E-state index in [-0.39, 0.29) is 10.1 Å². The number of hydrogen-bond acceptors (Lipinski definition) is 2.